The van der Waals surface area contributed by atoms with Crippen molar-refractivity contribution in [2.75, 3.05) is 6.26 Å². The molecule has 8 heteroatoms. The molecule has 1 heterocycles. The van der Waals surface area contributed by atoms with E-state index in [1.807, 2.05) is 0 Å². The van der Waals surface area contributed by atoms with Gasteiger partial charge in [0.25, 0.3) is 5.89 Å². The van der Waals surface area contributed by atoms with Gasteiger partial charge in [-0.15, -0.1) is 0 Å². The molecule has 0 fully saturated rings. The summed E-state index contributed by atoms with van der Waals surface area (Å²) in [5, 5.41) is 12.4. The van der Waals surface area contributed by atoms with E-state index < -0.39 is 15.7 Å². The number of hydrogen-bond donors (Lipinski definition) is 0. The van der Waals surface area contributed by atoms with Crippen molar-refractivity contribution in [3.8, 4) is 17.5 Å². The molecular formula is C11H8FN3O3S. The molecule has 1 aromatic heterocycles. The second-order valence-corrected chi connectivity index (χ2v) is 6.00. The Morgan fingerprint density at radius 1 is 1.47 bits per heavy atom. The molecule has 0 amide bonds. The topological polar surface area (TPSA) is 96.9 Å². The zero-order chi connectivity index (χ0) is 14.0. The molecule has 6 nitrogen and oxygen atoms in total. The number of hydrogen-bond acceptors (Lipinski definition) is 6. The maximum atomic E-state index is 13.4. The maximum absolute atomic E-state index is 13.4. The molecule has 0 aliphatic rings. The molecule has 1 aromatic carbocycles. The van der Waals surface area contributed by atoms with Crippen LogP contribution in [0, 0.1) is 17.1 Å². The lowest BCUT2D eigenvalue weighted by Gasteiger charge is -1.98. The zero-order valence-electron chi connectivity index (χ0n) is 9.79. The molecule has 0 atom stereocenters. The van der Waals surface area contributed by atoms with E-state index in [1.54, 1.807) is 6.07 Å². The van der Waals surface area contributed by atoms with Gasteiger partial charge in [-0.25, -0.2) is 12.8 Å². The predicted molar refractivity (Wildman–Crippen MR) is 63.0 cm³/mol. The van der Waals surface area contributed by atoms with Gasteiger partial charge in [0, 0.05) is 6.26 Å². The van der Waals surface area contributed by atoms with E-state index in [-0.39, 0.29) is 28.6 Å². The van der Waals surface area contributed by atoms with Crippen molar-refractivity contribution in [3.63, 3.8) is 0 Å². The molecule has 2 aromatic rings. The molecule has 0 N–H and O–H groups in total. The van der Waals surface area contributed by atoms with E-state index in [2.05, 4.69) is 10.1 Å². The van der Waals surface area contributed by atoms with Crippen molar-refractivity contribution >= 4 is 9.84 Å². The first-order valence-corrected chi connectivity index (χ1v) is 7.16. The Morgan fingerprint density at radius 3 is 2.84 bits per heavy atom. The van der Waals surface area contributed by atoms with E-state index in [1.165, 1.54) is 12.1 Å². The Hall–Kier alpha value is -2.27. The molecular weight excluding hydrogens is 273 g/mol. The van der Waals surface area contributed by atoms with Crippen molar-refractivity contribution in [1.29, 1.82) is 5.26 Å². The van der Waals surface area contributed by atoms with Gasteiger partial charge in [-0.05, 0) is 12.1 Å². The van der Waals surface area contributed by atoms with Crippen LogP contribution >= 0.6 is 0 Å². The molecule has 0 saturated heterocycles. The van der Waals surface area contributed by atoms with E-state index >= 15 is 0 Å². The van der Waals surface area contributed by atoms with Gasteiger partial charge in [0.2, 0.25) is 0 Å². The highest BCUT2D eigenvalue weighted by atomic mass is 32.2. The lowest BCUT2D eigenvalue weighted by atomic mass is 10.1. The molecule has 0 spiro atoms. The third-order valence-corrected chi connectivity index (χ3v) is 3.00. The summed E-state index contributed by atoms with van der Waals surface area (Å²) in [6.45, 7) is 0. The number of nitrogens with zero attached hydrogens (tertiary/aromatic N) is 3. The molecule has 2 rings (SSSR count). The van der Waals surface area contributed by atoms with Crippen LogP contribution in [0.15, 0.2) is 22.7 Å². The lowest BCUT2D eigenvalue weighted by molar-refractivity contribution is 0.424. The van der Waals surface area contributed by atoms with Crippen LogP contribution in [0.1, 0.15) is 11.4 Å². The predicted octanol–water partition coefficient (Wildman–Crippen LogP) is 1.29. The maximum Gasteiger partial charge on any atom is 0.259 e. The summed E-state index contributed by atoms with van der Waals surface area (Å²) in [5.41, 5.74) is -0.0909. The molecule has 0 unspecified atom stereocenters. The fourth-order valence-electron chi connectivity index (χ4n) is 1.47. The second kappa shape index (κ2) is 4.78. The van der Waals surface area contributed by atoms with Gasteiger partial charge >= 0.3 is 0 Å². The summed E-state index contributed by atoms with van der Waals surface area (Å²) < 4.78 is 40.4. The number of halogens is 1. The molecule has 0 saturated carbocycles. The largest absolute Gasteiger partial charge is 0.334 e. The first-order chi connectivity index (χ1) is 8.90. The summed E-state index contributed by atoms with van der Waals surface area (Å²) in [6, 6.07) is 5.67. The minimum atomic E-state index is -3.29. The van der Waals surface area contributed by atoms with Crippen molar-refractivity contribution in [2.24, 2.45) is 0 Å². The van der Waals surface area contributed by atoms with Crippen LogP contribution in [0.5, 0.6) is 0 Å². The highest BCUT2D eigenvalue weighted by molar-refractivity contribution is 7.89. The van der Waals surface area contributed by atoms with Crippen LogP contribution in [0.2, 0.25) is 0 Å². The fourth-order valence-corrected chi connectivity index (χ4v) is 2.06. The molecule has 0 aliphatic carbocycles. The first kappa shape index (κ1) is 13.2. The van der Waals surface area contributed by atoms with Crippen molar-refractivity contribution < 1.29 is 17.3 Å². The summed E-state index contributed by atoms with van der Waals surface area (Å²) in [4.78, 5) is 3.84. The smallest absolute Gasteiger partial charge is 0.259 e. The highest BCUT2D eigenvalue weighted by Gasteiger charge is 2.17. The molecule has 0 aliphatic heterocycles. The minimum absolute atomic E-state index is 0.0364. The van der Waals surface area contributed by atoms with Crippen molar-refractivity contribution in [2.45, 2.75) is 5.75 Å². The quantitative estimate of drug-likeness (QED) is 0.841. The number of nitriles is 1. The summed E-state index contributed by atoms with van der Waals surface area (Å²) in [6.07, 6.45) is 1.03. The third kappa shape index (κ3) is 2.95. The molecule has 98 valence electrons. The Bertz CT molecular complexity index is 762. The third-order valence-electron chi connectivity index (χ3n) is 2.22. The summed E-state index contributed by atoms with van der Waals surface area (Å²) >= 11 is 0. The van der Waals surface area contributed by atoms with E-state index in [0.717, 1.165) is 12.3 Å². The molecule has 0 radical (unpaired) electrons. The van der Waals surface area contributed by atoms with Gasteiger partial charge in [-0.3, -0.25) is 0 Å². The Labute approximate surface area is 108 Å². The van der Waals surface area contributed by atoms with Crippen LogP contribution < -0.4 is 0 Å². The van der Waals surface area contributed by atoms with Crippen LogP contribution in [0.3, 0.4) is 0 Å². The van der Waals surface area contributed by atoms with Gasteiger partial charge < -0.3 is 4.52 Å². The van der Waals surface area contributed by atoms with Crippen LogP contribution in [-0.2, 0) is 15.6 Å². The van der Waals surface area contributed by atoms with Gasteiger partial charge in [0.05, 0.1) is 5.56 Å². The van der Waals surface area contributed by atoms with Crippen LogP contribution in [0.25, 0.3) is 11.5 Å². The van der Waals surface area contributed by atoms with Gasteiger partial charge in [-0.1, -0.05) is 11.2 Å². The average molecular weight is 281 g/mol. The minimum Gasteiger partial charge on any atom is -0.334 e. The van der Waals surface area contributed by atoms with Crippen molar-refractivity contribution in [3.05, 3.63) is 35.4 Å². The molecule has 0 bridgehead atoms. The van der Waals surface area contributed by atoms with E-state index in [0.29, 0.717) is 0 Å². The first-order valence-electron chi connectivity index (χ1n) is 5.10. The Kier molecular flexibility index (Phi) is 3.31. The van der Waals surface area contributed by atoms with Crippen molar-refractivity contribution in [1.82, 2.24) is 10.1 Å². The van der Waals surface area contributed by atoms with E-state index in [4.69, 9.17) is 9.78 Å². The Balaban J connectivity index is 2.45. The standard InChI is InChI=1S/C11H8FN3O3S/c1-19(16,17)6-10-14-11(18-15-10)7-3-2-4-9(12)8(7)5-13/h2-4H,6H2,1H3. The number of benzene rings is 1. The monoisotopic (exact) mass is 281 g/mol. The number of aromatic nitrogens is 2. The summed E-state index contributed by atoms with van der Waals surface area (Å²) in [7, 11) is -3.29. The fraction of sp³-hybridized carbons (Fsp3) is 0.182. The summed E-state index contributed by atoms with van der Waals surface area (Å²) in [5.74, 6) is -1.21. The lowest BCUT2D eigenvalue weighted by Crippen LogP contribution is -2.02. The number of sulfone groups is 1. The normalized spacial score (nSPS) is 11.2. The van der Waals surface area contributed by atoms with Crippen LogP contribution in [-0.4, -0.2) is 24.8 Å². The van der Waals surface area contributed by atoms with Gasteiger partial charge in [0.1, 0.15) is 23.2 Å². The second-order valence-electron chi connectivity index (χ2n) is 3.86. The van der Waals surface area contributed by atoms with Gasteiger partial charge in [0.15, 0.2) is 15.7 Å². The zero-order valence-corrected chi connectivity index (χ0v) is 10.6. The average Bonchev–Trinajstić information content (AvgIpc) is 2.74. The number of rotatable bonds is 3. The van der Waals surface area contributed by atoms with E-state index in [9.17, 15) is 12.8 Å². The SMILES string of the molecule is CS(=O)(=O)Cc1noc(-c2cccc(F)c2C#N)n1. The molecule has 19 heavy (non-hydrogen) atoms. The Morgan fingerprint density at radius 2 is 2.21 bits per heavy atom. The van der Waals surface area contributed by atoms with Gasteiger partial charge in [-0.2, -0.15) is 10.2 Å². The highest BCUT2D eigenvalue weighted by Crippen LogP contribution is 2.23. The van der Waals surface area contributed by atoms with Crippen LogP contribution in [0.4, 0.5) is 4.39 Å².